The second-order valence-corrected chi connectivity index (χ2v) is 6.39. The van der Waals surface area contributed by atoms with Crippen LogP contribution in [0.1, 0.15) is 29.8 Å². The molecule has 3 aromatic rings. The number of hydroxylamine groups is 2. The fourth-order valence-electron chi connectivity index (χ4n) is 3.14. The first-order valence-corrected chi connectivity index (χ1v) is 9.11. The number of nitro groups is 1. The number of benzene rings is 1. The van der Waals surface area contributed by atoms with Crippen molar-refractivity contribution in [2.24, 2.45) is 4.99 Å². The SMILES string of the molecule is CCN(C)OCc1nnc2n1-c1cccc([N+](=O)[O-])c1C(c1ccccn1)=NC2. The summed E-state index contributed by atoms with van der Waals surface area (Å²) in [6.45, 7) is 3.07. The molecule has 0 N–H and O–H groups in total. The van der Waals surface area contributed by atoms with E-state index in [0.717, 1.165) is 0 Å². The molecule has 1 aliphatic heterocycles. The van der Waals surface area contributed by atoms with Gasteiger partial charge >= 0.3 is 0 Å². The lowest BCUT2D eigenvalue weighted by Gasteiger charge is -2.16. The van der Waals surface area contributed by atoms with Crippen molar-refractivity contribution in [2.75, 3.05) is 13.6 Å². The Kier molecular flexibility index (Phi) is 5.10. The molecule has 0 radical (unpaired) electrons. The van der Waals surface area contributed by atoms with Gasteiger partial charge in [0.2, 0.25) is 0 Å². The molecule has 0 fully saturated rings. The van der Waals surface area contributed by atoms with Crippen LogP contribution in [0.4, 0.5) is 5.69 Å². The zero-order valence-electron chi connectivity index (χ0n) is 16.0. The molecule has 0 amide bonds. The topological polar surface area (TPSA) is 112 Å². The monoisotopic (exact) mass is 393 g/mol. The average molecular weight is 393 g/mol. The third-order valence-electron chi connectivity index (χ3n) is 4.64. The zero-order valence-corrected chi connectivity index (χ0v) is 16.0. The molecule has 0 spiro atoms. The van der Waals surface area contributed by atoms with Gasteiger partial charge in [0.15, 0.2) is 11.6 Å². The van der Waals surface area contributed by atoms with Crippen molar-refractivity contribution in [1.82, 2.24) is 24.8 Å². The van der Waals surface area contributed by atoms with Crippen LogP contribution in [-0.4, -0.2) is 49.0 Å². The van der Waals surface area contributed by atoms with E-state index in [1.165, 1.54) is 6.07 Å². The Morgan fingerprint density at radius 2 is 2.10 bits per heavy atom. The minimum absolute atomic E-state index is 0.0500. The van der Waals surface area contributed by atoms with Gasteiger partial charge in [-0.2, -0.15) is 5.06 Å². The van der Waals surface area contributed by atoms with Crippen LogP contribution in [0.2, 0.25) is 0 Å². The summed E-state index contributed by atoms with van der Waals surface area (Å²) in [7, 11) is 1.82. The second kappa shape index (κ2) is 7.86. The molecule has 0 atom stereocenters. The lowest BCUT2D eigenvalue weighted by atomic mass is 10.0. The summed E-state index contributed by atoms with van der Waals surface area (Å²) >= 11 is 0. The highest BCUT2D eigenvalue weighted by molar-refractivity contribution is 6.16. The summed E-state index contributed by atoms with van der Waals surface area (Å²) in [4.78, 5) is 26.0. The largest absolute Gasteiger partial charge is 0.291 e. The number of nitrogens with zero attached hydrogens (tertiary/aromatic N) is 7. The number of hydrogen-bond acceptors (Lipinski definition) is 8. The first-order valence-electron chi connectivity index (χ1n) is 9.11. The predicted molar refractivity (Wildman–Crippen MR) is 105 cm³/mol. The number of aromatic nitrogens is 4. The van der Waals surface area contributed by atoms with Crippen molar-refractivity contribution < 1.29 is 9.76 Å². The maximum atomic E-state index is 11.8. The van der Waals surface area contributed by atoms with Crippen LogP contribution in [0.3, 0.4) is 0 Å². The Bertz CT molecular complexity index is 1080. The molecule has 0 saturated carbocycles. The molecule has 3 heterocycles. The molecule has 0 saturated heterocycles. The third-order valence-corrected chi connectivity index (χ3v) is 4.64. The third kappa shape index (κ3) is 3.50. The van der Waals surface area contributed by atoms with E-state index in [4.69, 9.17) is 4.84 Å². The number of rotatable bonds is 6. The number of aliphatic imine (C=N–C) groups is 1. The highest BCUT2D eigenvalue weighted by Gasteiger charge is 2.30. The Morgan fingerprint density at radius 3 is 2.83 bits per heavy atom. The number of hydrogen-bond donors (Lipinski definition) is 0. The van der Waals surface area contributed by atoms with Crippen LogP contribution in [-0.2, 0) is 18.0 Å². The highest BCUT2D eigenvalue weighted by Crippen LogP contribution is 2.32. The van der Waals surface area contributed by atoms with Crippen LogP contribution in [0.5, 0.6) is 0 Å². The minimum Gasteiger partial charge on any atom is -0.291 e. The molecule has 1 aliphatic rings. The summed E-state index contributed by atoms with van der Waals surface area (Å²) < 4.78 is 1.78. The van der Waals surface area contributed by atoms with Crippen LogP contribution < -0.4 is 0 Å². The smallest absolute Gasteiger partial charge is 0.280 e. The van der Waals surface area contributed by atoms with Crippen molar-refractivity contribution in [1.29, 1.82) is 0 Å². The Labute approximate surface area is 166 Å². The molecule has 1 aromatic carbocycles. The van der Waals surface area contributed by atoms with Gasteiger partial charge in [0.1, 0.15) is 18.7 Å². The van der Waals surface area contributed by atoms with Crippen LogP contribution in [0.25, 0.3) is 5.69 Å². The molecule has 0 unspecified atom stereocenters. The molecular formula is C19H19N7O3. The van der Waals surface area contributed by atoms with E-state index >= 15 is 0 Å². The Morgan fingerprint density at radius 1 is 1.24 bits per heavy atom. The van der Waals surface area contributed by atoms with Crippen molar-refractivity contribution in [2.45, 2.75) is 20.1 Å². The van der Waals surface area contributed by atoms with E-state index in [1.807, 2.05) is 20.0 Å². The normalized spacial score (nSPS) is 12.9. The molecule has 148 valence electrons. The summed E-state index contributed by atoms with van der Waals surface area (Å²) in [5, 5.41) is 22.0. The number of pyridine rings is 1. The maximum absolute atomic E-state index is 11.8. The first-order chi connectivity index (χ1) is 14.1. The fourth-order valence-corrected chi connectivity index (χ4v) is 3.14. The quantitative estimate of drug-likeness (QED) is 0.466. The van der Waals surface area contributed by atoms with Gasteiger partial charge in [-0.05, 0) is 18.2 Å². The van der Waals surface area contributed by atoms with Gasteiger partial charge in [-0.15, -0.1) is 10.2 Å². The highest BCUT2D eigenvalue weighted by atomic mass is 16.7. The standard InChI is InChI=1S/C19H19N7O3/c1-3-24(2)29-12-17-23-22-16-11-21-19(13-7-4-5-10-20-13)18-14(25(16)17)8-6-9-15(18)26(27)28/h4-10H,3,11-12H2,1-2H3. The van der Waals surface area contributed by atoms with E-state index in [-0.39, 0.29) is 18.8 Å². The van der Waals surface area contributed by atoms with E-state index < -0.39 is 4.92 Å². The predicted octanol–water partition coefficient (Wildman–Crippen LogP) is 2.30. The van der Waals surface area contributed by atoms with Gasteiger partial charge in [-0.3, -0.25) is 29.5 Å². The van der Waals surface area contributed by atoms with Gasteiger partial charge in [-0.25, -0.2) is 0 Å². The number of fused-ring (bicyclic) bond motifs is 3. The Hall–Kier alpha value is -3.50. The molecule has 10 nitrogen and oxygen atoms in total. The van der Waals surface area contributed by atoms with Crippen molar-refractivity contribution >= 4 is 11.4 Å². The molecule has 10 heteroatoms. The van der Waals surface area contributed by atoms with Crippen LogP contribution in [0, 0.1) is 10.1 Å². The fraction of sp³-hybridized carbons (Fsp3) is 0.263. The molecule has 0 bridgehead atoms. The van der Waals surface area contributed by atoms with Gasteiger partial charge in [0.05, 0.1) is 22.0 Å². The van der Waals surface area contributed by atoms with Crippen molar-refractivity contribution in [3.05, 3.63) is 75.6 Å². The molecule has 29 heavy (non-hydrogen) atoms. The van der Waals surface area contributed by atoms with Gasteiger partial charge < -0.3 is 0 Å². The summed E-state index contributed by atoms with van der Waals surface area (Å²) in [5.74, 6) is 1.12. The summed E-state index contributed by atoms with van der Waals surface area (Å²) in [6.07, 6.45) is 1.64. The first kappa shape index (κ1) is 18.8. The molecule has 4 rings (SSSR count). The Balaban J connectivity index is 1.90. The zero-order chi connectivity index (χ0) is 20.4. The van der Waals surface area contributed by atoms with E-state index in [1.54, 1.807) is 40.1 Å². The molecular weight excluding hydrogens is 374 g/mol. The van der Waals surface area contributed by atoms with Crippen LogP contribution >= 0.6 is 0 Å². The van der Waals surface area contributed by atoms with Crippen molar-refractivity contribution in [3.8, 4) is 5.69 Å². The summed E-state index contributed by atoms with van der Waals surface area (Å²) in [5.41, 5.74) is 1.94. The van der Waals surface area contributed by atoms with Crippen molar-refractivity contribution in [3.63, 3.8) is 0 Å². The van der Waals surface area contributed by atoms with Gasteiger partial charge in [-0.1, -0.05) is 19.1 Å². The maximum Gasteiger partial charge on any atom is 0.280 e. The average Bonchev–Trinajstić information content (AvgIpc) is 3.07. The van der Waals surface area contributed by atoms with Crippen LogP contribution in [0.15, 0.2) is 47.6 Å². The lowest BCUT2D eigenvalue weighted by molar-refractivity contribution is -0.385. The molecule has 0 aliphatic carbocycles. The minimum atomic E-state index is -0.409. The van der Waals surface area contributed by atoms with Gasteiger partial charge in [0.25, 0.3) is 5.69 Å². The summed E-state index contributed by atoms with van der Waals surface area (Å²) in [6, 6.07) is 10.3. The van der Waals surface area contributed by atoms with E-state index in [9.17, 15) is 10.1 Å². The lowest BCUT2D eigenvalue weighted by Crippen LogP contribution is -2.20. The number of nitro benzene ring substituents is 1. The van der Waals surface area contributed by atoms with Gasteiger partial charge in [0, 0.05) is 25.9 Å². The van der Waals surface area contributed by atoms with E-state index in [0.29, 0.717) is 40.9 Å². The second-order valence-electron chi connectivity index (χ2n) is 6.39. The molecule has 2 aromatic heterocycles. The van der Waals surface area contributed by atoms with E-state index in [2.05, 4.69) is 20.2 Å².